The number of aliphatic carboxylic acids is 1. The van der Waals surface area contributed by atoms with Crippen molar-refractivity contribution in [3.05, 3.63) is 158 Å². The zero-order chi connectivity index (χ0) is 72.2. The Hall–Kier alpha value is -10.7. The van der Waals surface area contributed by atoms with Crippen LogP contribution in [0.2, 0.25) is 0 Å². The Bertz CT molecular complexity index is 4080. The number of methoxy groups -OCH3 is 2. The Kier molecular flexibility index (Phi) is 28.2. The number of nitriles is 2. The number of carbonyl (C=O) groups excluding carboxylic acids is 3. The number of carboxylic acids is 1. The Morgan fingerprint density at radius 2 is 1.05 bits per heavy atom. The van der Waals surface area contributed by atoms with Gasteiger partial charge in [-0.3, -0.25) is 9.59 Å². The fourth-order valence-electron chi connectivity index (χ4n) is 10.5. The van der Waals surface area contributed by atoms with E-state index >= 15 is 0 Å². The first kappa shape index (κ1) is 74.7. The molecule has 24 nitrogen and oxygen atoms in total. The molecule has 2 atom stereocenters. The number of nitrogen functional groups attached to an aromatic ring is 2. The molecule has 0 spiro atoms. The van der Waals surface area contributed by atoms with Crippen molar-refractivity contribution < 1.29 is 62.5 Å². The monoisotopic (exact) mass is 1350 g/mol. The first-order chi connectivity index (χ1) is 47.4. The number of carbonyl (C=O) groups is 4. The molecule has 6 heterocycles. The number of nitrogens with two attached hydrogens (primary N) is 2. The third-order valence-electron chi connectivity index (χ3n) is 14.9. The van der Waals surface area contributed by atoms with Crippen molar-refractivity contribution in [2.24, 2.45) is 0 Å². The van der Waals surface area contributed by atoms with E-state index in [2.05, 4.69) is 37.0 Å². The van der Waals surface area contributed by atoms with Crippen molar-refractivity contribution in [3.63, 3.8) is 0 Å². The molecule has 4 aromatic heterocycles. The number of rotatable bonds is 20. The van der Waals surface area contributed by atoms with E-state index in [1.807, 2.05) is 169 Å². The molecular weight excluding hydrogens is 1270 g/mol. The van der Waals surface area contributed by atoms with Gasteiger partial charge in [-0.25, -0.2) is 29.5 Å². The van der Waals surface area contributed by atoms with E-state index in [0.717, 1.165) is 41.8 Å². The minimum Gasteiger partial charge on any atom is -0.478 e. The normalized spacial score (nSPS) is 14.5. The van der Waals surface area contributed by atoms with Crippen molar-refractivity contribution in [3.8, 4) is 57.4 Å². The van der Waals surface area contributed by atoms with Crippen molar-refractivity contribution in [1.82, 2.24) is 48.7 Å². The Labute approximate surface area is 569 Å². The van der Waals surface area contributed by atoms with Gasteiger partial charge in [0.1, 0.15) is 87.7 Å². The smallest absolute Gasteiger partial charge is 0.446 e. The summed E-state index contributed by atoms with van der Waals surface area (Å²) in [6.07, 6.45) is 4.34. The summed E-state index contributed by atoms with van der Waals surface area (Å²) in [7, 11) is 7.20. The van der Waals surface area contributed by atoms with Gasteiger partial charge >= 0.3 is 18.2 Å². The maximum Gasteiger partial charge on any atom is 0.446 e. The standard InChI is InChI=1S/C31H33N7O3.C28H28N6O3.C8H15NO3.C2HF3O.C2H6/c1-36(17-18-40-2)15-6-9-27(39)37-16-14-23(20-37)38-26(19-32)28(29-30(33)34-21-35-31(29)38)22-10-12-25(13-11-22)41-24-7-4-3-5-8-24;1-28(2,3)37-27(35)33-14-13-19(16-33)34-22(15-29)23(24-25(30)31-17-32-26(24)34)18-9-11-21(12-10-18)36-20-7-5-4-6-8-20;1-9(6-7-12-2)5-3-4-8(10)11;3-2(4,5)1-6;1-2/h3-13,21,23H,14-18,20H2,1-2H3,(H2,33,34,35);4-12,17,19H,13-14,16H2,1-3H3,(H2,30,31,32);3-4H,5-7H2,1-2H3,(H,10,11);1H;1-2H3/b9-6+;;4-3+;;/t23-;19-;;;/m11.../s1/i;;;;1D. The van der Waals surface area contributed by atoms with Gasteiger partial charge in [-0.05, 0) is 107 Å². The van der Waals surface area contributed by atoms with E-state index in [4.69, 9.17) is 46.4 Å². The number of aldehydes is 1. The molecule has 0 saturated carbocycles. The summed E-state index contributed by atoms with van der Waals surface area (Å²) in [5.41, 5.74) is 17.1. The van der Waals surface area contributed by atoms with Crippen LogP contribution in [0.1, 0.15) is 72.3 Å². The molecule has 2 aliphatic heterocycles. The quantitative estimate of drug-likeness (QED) is 0.0471. The number of hydrogen-bond donors (Lipinski definition) is 3. The number of para-hydroxylation sites is 2. The molecule has 0 aliphatic carbocycles. The SMILES string of the molecule is CC(C)(C)OC(=O)N1CC[C@@H](n2c(C#N)c(-c3ccc(Oc4ccccc4)cc3)c3c(N)ncnc32)C1.COCCN(C)C/C=C/C(=O)N1CC[C@@H](n2c(C#N)c(-c3ccc(Oc4ccccc4)cc3)c3c(N)ncnc32)C1.COCCN(C)C/C=C/C(=O)O.O=CC(F)(F)F.[2H]CC. The van der Waals surface area contributed by atoms with Gasteiger partial charge in [0.2, 0.25) is 12.2 Å². The second kappa shape index (κ2) is 37.0. The first-order valence-corrected chi connectivity index (χ1v) is 31.1. The van der Waals surface area contributed by atoms with Gasteiger partial charge in [0.15, 0.2) is 0 Å². The molecule has 2 aliphatic rings. The number of fused-ring (bicyclic) bond motifs is 2. The summed E-state index contributed by atoms with van der Waals surface area (Å²) < 4.78 is 68.7. The van der Waals surface area contributed by atoms with Crippen LogP contribution in [0.25, 0.3) is 44.3 Å². The fourth-order valence-corrected chi connectivity index (χ4v) is 10.5. The van der Waals surface area contributed by atoms with Crippen LogP contribution >= 0.6 is 0 Å². The molecule has 0 unspecified atom stereocenters. The van der Waals surface area contributed by atoms with Crippen LogP contribution in [0.5, 0.6) is 23.0 Å². The van der Waals surface area contributed by atoms with Crippen LogP contribution in [0.15, 0.2) is 146 Å². The lowest BCUT2D eigenvalue weighted by Gasteiger charge is -2.24. The van der Waals surface area contributed by atoms with E-state index < -0.39 is 24.0 Å². The lowest BCUT2D eigenvalue weighted by Crippen LogP contribution is -2.35. The summed E-state index contributed by atoms with van der Waals surface area (Å²) in [4.78, 5) is 69.4. The lowest BCUT2D eigenvalue weighted by atomic mass is 10.0. The van der Waals surface area contributed by atoms with Crippen LogP contribution in [0.3, 0.4) is 0 Å². The molecule has 5 N–H and O–H groups in total. The minimum atomic E-state index is -4.64. The van der Waals surface area contributed by atoms with Gasteiger partial charge in [0.25, 0.3) is 0 Å². The number of ether oxygens (including phenoxy) is 5. The van der Waals surface area contributed by atoms with Gasteiger partial charge in [0, 0.05) is 91.2 Å². The van der Waals surface area contributed by atoms with Crippen LogP contribution in [0, 0.1) is 22.7 Å². The zero-order valence-corrected chi connectivity index (χ0v) is 56.1. The maximum absolute atomic E-state index is 12.9. The molecule has 0 radical (unpaired) electrons. The maximum atomic E-state index is 12.9. The fraction of sp³-hybridized carbons (Fsp3) is 0.352. The van der Waals surface area contributed by atoms with Crippen LogP contribution in [0.4, 0.5) is 29.6 Å². The highest BCUT2D eigenvalue weighted by molar-refractivity contribution is 6.04. The van der Waals surface area contributed by atoms with E-state index in [-0.39, 0.29) is 24.1 Å². The Balaban J connectivity index is 0.000000243. The molecule has 2 saturated heterocycles. The highest BCUT2D eigenvalue weighted by Gasteiger charge is 2.36. The third-order valence-corrected chi connectivity index (χ3v) is 14.9. The number of amides is 2. The lowest BCUT2D eigenvalue weighted by molar-refractivity contribution is -0.156. The molecule has 4 aromatic carbocycles. The molecule has 10 rings (SSSR count). The molecule has 98 heavy (non-hydrogen) atoms. The minimum absolute atomic E-state index is 0.0500. The number of hydrogen-bond acceptors (Lipinski definition) is 19. The number of benzene rings is 4. The van der Waals surface area contributed by atoms with Crippen LogP contribution < -0.4 is 20.9 Å². The van der Waals surface area contributed by atoms with Crippen molar-refractivity contribution in [2.75, 3.05) is 105 Å². The number of aromatic nitrogens is 6. The van der Waals surface area contributed by atoms with E-state index in [1.54, 1.807) is 38.2 Å². The van der Waals surface area contributed by atoms with Crippen molar-refractivity contribution >= 4 is 58.0 Å². The summed E-state index contributed by atoms with van der Waals surface area (Å²) >= 11 is 0. The van der Waals surface area contributed by atoms with Crippen molar-refractivity contribution in [1.29, 1.82) is 10.5 Å². The van der Waals surface area contributed by atoms with E-state index in [1.165, 1.54) is 12.7 Å². The molecular formula is C71H83F3N14O10. The van der Waals surface area contributed by atoms with E-state index in [0.29, 0.717) is 140 Å². The second-order valence-corrected chi connectivity index (χ2v) is 23.1. The number of likely N-dealkylation sites (tertiary alicyclic amines) is 2. The van der Waals surface area contributed by atoms with Gasteiger partial charge in [-0.2, -0.15) is 23.7 Å². The first-order valence-electron chi connectivity index (χ1n) is 31.9. The summed E-state index contributed by atoms with van der Waals surface area (Å²) in [5.74, 6) is 2.46. The molecule has 2 amide bonds. The summed E-state index contributed by atoms with van der Waals surface area (Å²) in [6, 6.07) is 38.6. The van der Waals surface area contributed by atoms with Gasteiger partial charge in [-0.15, -0.1) is 0 Å². The highest BCUT2D eigenvalue weighted by Crippen LogP contribution is 2.43. The molecule has 27 heteroatoms. The number of likely N-dealkylation sites (N-methyl/N-ethyl adjacent to an activating group) is 2. The largest absolute Gasteiger partial charge is 0.478 e. The summed E-state index contributed by atoms with van der Waals surface area (Å²) in [6.45, 7) is 14.0. The topological polar surface area (TPSA) is 309 Å². The molecule has 0 bridgehead atoms. The van der Waals surface area contributed by atoms with E-state index in [9.17, 15) is 38.1 Å². The van der Waals surface area contributed by atoms with Crippen LogP contribution in [-0.2, 0) is 28.6 Å². The molecule has 2 fully saturated rings. The van der Waals surface area contributed by atoms with Gasteiger partial charge in [-0.1, -0.05) is 86.6 Å². The number of carboxylic acid groups (broad SMARTS) is 1. The summed E-state index contributed by atoms with van der Waals surface area (Å²) in [5, 5.41) is 30.2. The van der Waals surface area contributed by atoms with Crippen LogP contribution in [-0.4, -0.2) is 184 Å². The number of anilines is 2. The van der Waals surface area contributed by atoms with Crippen molar-refractivity contribution in [2.45, 2.75) is 71.3 Å². The molecule has 518 valence electrons. The van der Waals surface area contributed by atoms with Gasteiger partial charge in [0.05, 0.1) is 36.1 Å². The number of nitrogens with zero attached hydrogens (tertiary/aromatic N) is 12. The number of halogens is 3. The second-order valence-electron chi connectivity index (χ2n) is 23.1. The zero-order valence-electron chi connectivity index (χ0n) is 57.1. The predicted octanol–water partition coefficient (Wildman–Crippen LogP) is 11.8. The van der Waals surface area contributed by atoms with Gasteiger partial charge < -0.3 is 69.0 Å². The Morgan fingerprint density at radius 1 is 0.663 bits per heavy atom. The predicted molar refractivity (Wildman–Crippen MR) is 367 cm³/mol. The highest BCUT2D eigenvalue weighted by atomic mass is 19.4. The average Bonchev–Trinajstić information content (AvgIpc) is 1.60. The third kappa shape index (κ3) is 21.7. The average molecular weight is 1350 g/mol. The molecule has 8 aromatic rings. The Morgan fingerprint density at radius 3 is 1.43 bits per heavy atom. The number of alkyl halides is 3.